The SMILES string of the molecule is CC1CCN(c2ccc3cc(NC(=O)C4CC4)ncc3c2)CC1. The first kappa shape index (κ1) is 14.5. The zero-order valence-corrected chi connectivity index (χ0v) is 13.6. The minimum Gasteiger partial charge on any atom is -0.371 e. The van der Waals surface area contributed by atoms with Gasteiger partial charge in [-0.2, -0.15) is 0 Å². The summed E-state index contributed by atoms with van der Waals surface area (Å²) in [6, 6.07) is 8.50. The summed E-state index contributed by atoms with van der Waals surface area (Å²) in [5.41, 5.74) is 1.28. The van der Waals surface area contributed by atoms with E-state index in [-0.39, 0.29) is 11.8 Å². The molecular weight excluding hydrogens is 286 g/mol. The van der Waals surface area contributed by atoms with Gasteiger partial charge in [-0.25, -0.2) is 4.98 Å². The Morgan fingerprint density at radius 3 is 2.65 bits per heavy atom. The molecule has 1 N–H and O–H groups in total. The van der Waals surface area contributed by atoms with Crippen molar-refractivity contribution in [2.24, 2.45) is 11.8 Å². The van der Waals surface area contributed by atoms with E-state index in [0.29, 0.717) is 5.82 Å². The predicted octanol–water partition coefficient (Wildman–Crippen LogP) is 3.82. The largest absolute Gasteiger partial charge is 0.371 e. The highest BCUT2D eigenvalue weighted by Gasteiger charge is 2.29. The van der Waals surface area contributed by atoms with Gasteiger partial charge in [-0.3, -0.25) is 4.79 Å². The Bertz CT molecular complexity index is 730. The van der Waals surface area contributed by atoms with E-state index < -0.39 is 0 Å². The summed E-state index contributed by atoms with van der Waals surface area (Å²) in [7, 11) is 0. The van der Waals surface area contributed by atoms with Crippen LogP contribution in [0, 0.1) is 11.8 Å². The summed E-state index contributed by atoms with van der Waals surface area (Å²) >= 11 is 0. The standard InChI is InChI=1S/C19H23N3O/c1-13-6-8-22(9-7-13)17-5-4-15-11-18(20-12-16(15)10-17)21-19(23)14-2-3-14/h4-5,10-14H,2-3,6-9H2,1H3,(H,20,21,23). The van der Waals surface area contributed by atoms with Crippen molar-refractivity contribution in [1.29, 1.82) is 0 Å². The molecule has 0 radical (unpaired) electrons. The first-order valence-electron chi connectivity index (χ1n) is 8.65. The van der Waals surface area contributed by atoms with Gasteiger partial charge in [0.2, 0.25) is 5.91 Å². The second-order valence-electron chi connectivity index (χ2n) is 7.03. The van der Waals surface area contributed by atoms with Crippen molar-refractivity contribution in [2.75, 3.05) is 23.3 Å². The highest BCUT2D eigenvalue weighted by atomic mass is 16.2. The Morgan fingerprint density at radius 1 is 1.13 bits per heavy atom. The van der Waals surface area contributed by atoms with E-state index in [1.807, 2.05) is 12.3 Å². The van der Waals surface area contributed by atoms with Crippen LogP contribution in [-0.2, 0) is 4.79 Å². The van der Waals surface area contributed by atoms with Crippen LogP contribution in [0.5, 0.6) is 0 Å². The van der Waals surface area contributed by atoms with E-state index in [9.17, 15) is 4.79 Å². The molecule has 1 saturated heterocycles. The van der Waals surface area contributed by atoms with Crippen molar-refractivity contribution in [3.05, 3.63) is 30.5 Å². The molecule has 1 aliphatic heterocycles. The van der Waals surface area contributed by atoms with Crippen LogP contribution in [0.15, 0.2) is 30.5 Å². The van der Waals surface area contributed by atoms with Crippen LogP contribution in [0.3, 0.4) is 0 Å². The molecule has 1 amide bonds. The van der Waals surface area contributed by atoms with Crippen LogP contribution in [0.25, 0.3) is 10.8 Å². The van der Waals surface area contributed by atoms with Gasteiger partial charge in [0.15, 0.2) is 0 Å². The molecule has 2 heterocycles. The molecule has 2 aromatic rings. The number of carbonyl (C=O) groups excluding carboxylic acids is 1. The molecule has 1 aromatic heterocycles. The van der Waals surface area contributed by atoms with Crippen LogP contribution >= 0.6 is 0 Å². The zero-order chi connectivity index (χ0) is 15.8. The van der Waals surface area contributed by atoms with Gasteiger partial charge >= 0.3 is 0 Å². The molecule has 4 rings (SSSR count). The van der Waals surface area contributed by atoms with Crippen molar-refractivity contribution in [3.63, 3.8) is 0 Å². The lowest BCUT2D eigenvalue weighted by Gasteiger charge is -2.32. The molecule has 2 aliphatic rings. The third kappa shape index (κ3) is 3.16. The van der Waals surface area contributed by atoms with E-state index in [1.165, 1.54) is 18.5 Å². The maximum atomic E-state index is 11.8. The second-order valence-corrected chi connectivity index (χ2v) is 7.03. The molecule has 120 valence electrons. The number of piperidine rings is 1. The summed E-state index contributed by atoms with van der Waals surface area (Å²) in [5, 5.41) is 5.17. The van der Waals surface area contributed by atoms with Crippen LogP contribution in [-0.4, -0.2) is 24.0 Å². The molecule has 4 heteroatoms. The minimum absolute atomic E-state index is 0.107. The molecule has 1 saturated carbocycles. The lowest BCUT2D eigenvalue weighted by molar-refractivity contribution is -0.117. The van der Waals surface area contributed by atoms with Gasteiger partial charge in [-0.15, -0.1) is 0 Å². The Labute approximate surface area is 136 Å². The van der Waals surface area contributed by atoms with Crippen molar-refractivity contribution in [1.82, 2.24) is 4.98 Å². The smallest absolute Gasteiger partial charge is 0.228 e. The fourth-order valence-electron chi connectivity index (χ4n) is 3.23. The predicted molar refractivity (Wildman–Crippen MR) is 93.7 cm³/mol. The molecule has 1 aliphatic carbocycles. The van der Waals surface area contributed by atoms with Gasteiger partial charge in [0.05, 0.1) is 0 Å². The van der Waals surface area contributed by atoms with Gasteiger partial charge in [0.25, 0.3) is 0 Å². The fourth-order valence-corrected chi connectivity index (χ4v) is 3.23. The molecule has 1 aromatic carbocycles. The third-order valence-corrected chi connectivity index (χ3v) is 5.05. The summed E-state index contributed by atoms with van der Waals surface area (Å²) in [6.45, 7) is 4.60. The Kier molecular flexibility index (Phi) is 3.68. The summed E-state index contributed by atoms with van der Waals surface area (Å²) in [5.74, 6) is 1.81. The Hall–Kier alpha value is -2.10. The lowest BCUT2D eigenvalue weighted by Crippen LogP contribution is -2.32. The highest BCUT2D eigenvalue weighted by Crippen LogP contribution is 2.31. The minimum atomic E-state index is 0.107. The van der Waals surface area contributed by atoms with Gasteiger partial charge in [0.1, 0.15) is 5.82 Å². The number of rotatable bonds is 3. The number of nitrogens with one attached hydrogen (secondary N) is 1. The molecule has 0 bridgehead atoms. The quantitative estimate of drug-likeness (QED) is 0.937. The zero-order valence-electron chi connectivity index (χ0n) is 13.6. The van der Waals surface area contributed by atoms with Gasteiger partial charge in [-0.1, -0.05) is 13.0 Å². The Morgan fingerprint density at radius 2 is 1.91 bits per heavy atom. The number of hydrogen-bond donors (Lipinski definition) is 1. The average Bonchev–Trinajstić information content (AvgIpc) is 3.40. The maximum absolute atomic E-state index is 11.8. The first-order chi connectivity index (χ1) is 11.2. The second kappa shape index (κ2) is 5.84. The van der Waals surface area contributed by atoms with Gasteiger partial charge in [0, 0.05) is 36.3 Å². The van der Waals surface area contributed by atoms with Crippen LogP contribution in [0.1, 0.15) is 32.6 Å². The number of carbonyl (C=O) groups is 1. The van der Waals surface area contributed by atoms with E-state index >= 15 is 0 Å². The number of fused-ring (bicyclic) bond motifs is 1. The number of nitrogens with zero attached hydrogens (tertiary/aromatic N) is 2. The van der Waals surface area contributed by atoms with Gasteiger partial charge < -0.3 is 10.2 Å². The summed E-state index contributed by atoms with van der Waals surface area (Å²) in [6.07, 6.45) is 6.42. The normalized spacial score (nSPS) is 19.1. The monoisotopic (exact) mass is 309 g/mol. The van der Waals surface area contributed by atoms with E-state index in [1.54, 1.807) is 0 Å². The number of benzene rings is 1. The first-order valence-corrected chi connectivity index (χ1v) is 8.65. The molecule has 0 unspecified atom stereocenters. The summed E-state index contributed by atoms with van der Waals surface area (Å²) < 4.78 is 0. The van der Waals surface area contributed by atoms with Crippen molar-refractivity contribution in [3.8, 4) is 0 Å². The van der Waals surface area contributed by atoms with Crippen LogP contribution < -0.4 is 10.2 Å². The highest BCUT2D eigenvalue weighted by molar-refractivity contribution is 5.95. The molecule has 0 spiro atoms. The van der Waals surface area contributed by atoms with Crippen molar-refractivity contribution in [2.45, 2.75) is 32.6 Å². The summed E-state index contributed by atoms with van der Waals surface area (Å²) in [4.78, 5) is 18.7. The van der Waals surface area contributed by atoms with Crippen molar-refractivity contribution < 1.29 is 4.79 Å². The number of aromatic nitrogens is 1. The number of anilines is 2. The molecule has 0 atom stereocenters. The number of pyridine rings is 1. The van der Waals surface area contributed by atoms with Gasteiger partial charge in [-0.05, 0) is 55.2 Å². The van der Waals surface area contributed by atoms with Crippen LogP contribution in [0.4, 0.5) is 11.5 Å². The Balaban J connectivity index is 1.53. The van der Waals surface area contributed by atoms with Crippen LogP contribution in [0.2, 0.25) is 0 Å². The van der Waals surface area contributed by atoms with E-state index in [2.05, 4.69) is 40.3 Å². The number of hydrogen-bond acceptors (Lipinski definition) is 3. The third-order valence-electron chi connectivity index (χ3n) is 5.05. The van der Waals surface area contributed by atoms with Crippen molar-refractivity contribution >= 4 is 28.2 Å². The molecule has 23 heavy (non-hydrogen) atoms. The molecular formula is C19H23N3O. The fraction of sp³-hybridized carbons (Fsp3) is 0.474. The molecule has 2 fully saturated rings. The number of amides is 1. The topological polar surface area (TPSA) is 45.2 Å². The lowest BCUT2D eigenvalue weighted by atomic mass is 9.98. The van der Waals surface area contributed by atoms with E-state index in [4.69, 9.17) is 0 Å². The maximum Gasteiger partial charge on any atom is 0.228 e. The molecule has 4 nitrogen and oxygen atoms in total. The average molecular weight is 309 g/mol. The van der Waals surface area contributed by atoms with E-state index in [0.717, 1.165) is 42.6 Å².